The average Bonchev–Trinajstić information content (AvgIpc) is 3.22. The minimum absolute atomic E-state index is 0.000631. The van der Waals surface area contributed by atoms with Crippen molar-refractivity contribution in [1.29, 1.82) is 0 Å². The first kappa shape index (κ1) is 24.5. The molecule has 0 aliphatic heterocycles. The van der Waals surface area contributed by atoms with Gasteiger partial charge in [0.15, 0.2) is 11.4 Å². The third-order valence-corrected chi connectivity index (χ3v) is 7.02. The van der Waals surface area contributed by atoms with Gasteiger partial charge in [0.25, 0.3) is 10.0 Å². The zero-order chi connectivity index (χ0) is 25.3. The molecule has 2 aromatic carbocycles. The van der Waals surface area contributed by atoms with Crippen LogP contribution in [0.15, 0.2) is 59.9 Å². The van der Waals surface area contributed by atoms with E-state index in [1.807, 2.05) is 6.92 Å². The normalized spacial score (nSPS) is 11.4. The number of carbonyl (C=O) groups excluding carboxylic acids is 1. The average molecular weight is 535 g/mol. The lowest BCUT2D eigenvalue weighted by atomic mass is 10.2. The van der Waals surface area contributed by atoms with E-state index in [9.17, 15) is 18.0 Å². The summed E-state index contributed by atoms with van der Waals surface area (Å²) in [5.41, 5.74) is 1.17. The highest BCUT2D eigenvalue weighted by molar-refractivity contribution is 7.90. The van der Waals surface area contributed by atoms with Crippen molar-refractivity contribution in [2.45, 2.75) is 18.2 Å². The molecule has 35 heavy (non-hydrogen) atoms. The van der Waals surface area contributed by atoms with Gasteiger partial charge in [0.05, 0.1) is 20.3 Å². The monoisotopic (exact) mass is 534 g/mol. The fourth-order valence-corrected chi connectivity index (χ4v) is 5.04. The third-order valence-electron chi connectivity index (χ3n) is 4.78. The van der Waals surface area contributed by atoms with Gasteiger partial charge in [-0.1, -0.05) is 40.9 Å². The summed E-state index contributed by atoms with van der Waals surface area (Å²) in [5, 5.41) is 11.4. The minimum atomic E-state index is -3.93. The second-order valence-electron chi connectivity index (χ2n) is 7.34. The van der Waals surface area contributed by atoms with E-state index in [-0.39, 0.29) is 43.3 Å². The number of hydrogen-bond acceptors (Lipinski definition) is 7. The fourth-order valence-electron chi connectivity index (χ4n) is 3.17. The summed E-state index contributed by atoms with van der Waals surface area (Å²) in [6, 6.07) is 10.5. The maximum Gasteiger partial charge on any atom is 0.312 e. The van der Waals surface area contributed by atoms with Crippen LogP contribution in [0.4, 0.5) is 5.69 Å². The number of carboxylic acids is 1. The molecule has 1 amide bonds. The van der Waals surface area contributed by atoms with E-state index in [1.165, 1.54) is 36.5 Å². The van der Waals surface area contributed by atoms with Crippen LogP contribution >= 0.6 is 23.2 Å². The Morgan fingerprint density at radius 2 is 1.74 bits per heavy atom. The second-order valence-corrected chi connectivity index (χ2v) is 9.96. The van der Waals surface area contributed by atoms with Gasteiger partial charge in [0.2, 0.25) is 11.8 Å². The van der Waals surface area contributed by atoms with E-state index in [2.05, 4.69) is 15.3 Å². The van der Waals surface area contributed by atoms with Gasteiger partial charge in [0, 0.05) is 11.9 Å². The quantitative estimate of drug-likeness (QED) is 0.330. The van der Waals surface area contributed by atoms with Gasteiger partial charge in [-0.15, -0.1) is 0 Å². The van der Waals surface area contributed by atoms with E-state index < -0.39 is 28.3 Å². The Bertz CT molecular complexity index is 1550. The Labute approximate surface area is 209 Å². The number of carboxylic acid groups (broad SMARTS) is 1. The number of fused-ring (bicyclic) bond motifs is 1. The molecule has 0 saturated heterocycles. The van der Waals surface area contributed by atoms with Crippen molar-refractivity contribution in [3.8, 4) is 11.6 Å². The Morgan fingerprint density at radius 1 is 1.09 bits per heavy atom. The molecule has 2 N–H and O–H groups in total. The van der Waals surface area contributed by atoms with Crippen LogP contribution in [-0.4, -0.2) is 39.3 Å². The highest BCUT2D eigenvalue weighted by Crippen LogP contribution is 2.40. The first-order valence-corrected chi connectivity index (χ1v) is 12.1. The summed E-state index contributed by atoms with van der Waals surface area (Å²) >= 11 is 12.5. The van der Waals surface area contributed by atoms with Gasteiger partial charge in [-0.3, -0.25) is 9.59 Å². The number of hydrogen-bond donors (Lipinski definition) is 2. The van der Waals surface area contributed by atoms with Crippen LogP contribution in [0.3, 0.4) is 0 Å². The molecule has 180 valence electrons. The van der Waals surface area contributed by atoms with E-state index in [4.69, 9.17) is 33.0 Å². The van der Waals surface area contributed by atoms with Gasteiger partial charge < -0.3 is 15.2 Å². The van der Waals surface area contributed by atoms with Crippen molar-refractivity contribution >= 4 is 61.8 Å². The number of benzene rings is 2. The first-order valence-electron chi connectivity index (χ1n) is 9.89. The molecule has 0 atom stereocenters. The third kappa shape index (κ3) is 5.06. The molecule has 0 spiro atoms. The van der Waals surface area contributed by atoms with Crippen molar-refractivity contribution < 1.29 is 27.9 Å². The van der Waals surface area contributed by atoms with Gasteiger partial charge in [0.1, 0.15) is 12.7 Å². The molecule has 4 rings (SSSR count). The molecular formula is C22H16Cl2N4O6S. The SMILES string of the molecule is Cc1ccc(S(=O)(=O)n2ccc3c(Oc4c(Cl)cc(NC(=O)CC(=O)O)cc4Cl)ncnc32)cc1. The van der Waals surface area contributed by atoms with Crippen molar-refractivity contribution in [1.82, 2.24) is 13.9 Å². The molecule has 2 aromatic heterocycles. The molecule has 0 radical (unpaired) electrons. The van der Waals surface area contributed by atoms with E-state index >= 15 is 0 Å². The van der Waals surface area contributed by atoms with E-state index in [0.29, 0.717) is 0 Å². The first-order chi connectivity index (χ1) is 16.6. The lowest BCUT2D eigenvalue weighted by molar-refractivity contribution is -0.139. The number of nitrogens with zero attached hydrogens (tertiary/aromatic N) is 3. The van der Waals surface area contributed by atoms with Crippen LogP contribution in [0.2, 0.25) is 10.0 Å². The number of rotatable bonds is 7. The molecule has 0 unspecified atom stereocenters. The number of aromatic nitrogens is 3. The smallest absolute Gasteiger partial charge is 0.312 e. The number of aryl methyl sites for hydroxylation is 1. The number of carbonyl (C=O) groups is 2. The van der Waals surface area contributed by atoms with Gasteiger partial charge in [-0.05, 0) is 37.3 Å². The minimum Gasteiger partial charge on any atom is -0.481 e. The summed E-state index contributed by atoms with van der Waals surface area (Å²) in [6.45, 7) is 1.85. The Morgan fingerprint density at radius 3 is 2.37 bits per heavy atom. The maximum absolute atomic E-state index is 13.1. The van der Waals surface area contributed by atoms with Crippen LogP contribution in [0.1, 0.15) is 12.0 Å². The topological polar surface area (TPSA) is 140 Å². The molecule has 0 fully saturated rings. The van der Waals surface area contributed by atoms with Crippen molar-refractivity contribution in [3.63, 3.8) is 0 Å². The molecule has 4 aromatic rings. The standard InChI is InChI=1S/C22H16Cl2N4O6S/c1-12-2-4-14(5-3-12)35(32,33)28-7-6-15-21(28)25-11-26-22(15)34-20-16(23)8-13(9-17(20)24)27-18(29)10-19(30)31/h2-9,11H,10H2,1H3,(H,27,29)(H,30,31). The van der Waals surface area contributed by atoms with E-state index in [1.54, 1.807) is 12.1 Å². The molecular weight excluding hydrogens is 519 g/mol. The molecule has 13 heteroatoms. The number of anilines is 1. The van der Waals surface area contributed by atoms with Crippen LogP contribution in [-0.2, 0) is 19.6 Å². The van der Waals surface area contributed by atoms with Gasteiger partial charge in [-0.25, -0.2) is 22.4 Å². The number of nitrogens with one attached hydrogen (secondary N) is 1. The van der Waals surface area contributed by atoms with E-state index in [0.717, 1.165) is 15.9 Å². The predicted octanol–water partition coefficient (Wildman–Crippen LogP) is 4.49. The largest absolute Gasteiger partial charge is 0.481 e. The van der Waals surface area contributed by atoms with Crippen molar-refractivity contribution in [2.24, 2.45) is 0 Å². The fraction of sp³-hybridized carbons (Fsp3) is 0.0909. The Balaban J connectivity index is 1.67. The van der Waals surface area contributed by atoms with Gasteiger partial charge >= 0.3 is 5.97 Å². The van der Waals surface area contributed by atoms with Crippen molar-refractivity contribution in [2.75, 3.05) is 5.32 Å². The molecule has 2 heterocycles. The summed E-state index contributed by atoms with van der Waals surface area (Å²) < 4.78 is 33.1. The zero-order valence-electron chi connectivity index (χ0n) is 17.9. The highest BCUT2D eigenvalue weighted by atomic mass is 35.5. The van der Waals surface area contributed by atoms with Crippen LogP contribution in [0.5, 0.6) is 11.6 Å². The number of halogens is 2. The maximum atomic E-state index is 13.1. The summed E-state index contributed by atoms with van der Waals surface area (Å²) in [5.74, 6) is -2.05. The molecule has 0 aliphatic rings. The summed E-state index contributed by atoms with van der Waals surface area (Å²) in [4.78, 5) is 30.6. The second kappa shape index (κ2) is 9.53. The molecule has 0 bridgehead atoms. The Kier molecular flexibility index (Phi) is 6.66. The van der Waals surface area contributed by atoms with Crippen molar-refractivity contribution in [3.05, 3.63) is 70.6 Å². The van der Waals surface area contributed by atoms with Gasteiger partial charge in [-0.2, -0.15) is 0 Å². The van der Waals surface area contributed by atoms with Crippen LogP contribution in [0, 0.1) is 6.92 Å². The number of amides is 1. The Hall–Kier alpha value is -3.67. The highest BCUT2D eigenvalue weighted by Gasteiger charge is 2.22. The van der Waals surface area contributed by atoms with Crippen LogP contribution in [0.25, 0.3) is 11.0 Å². The lowest BCUT2D eigenvalue weighted by Gasteiger charge is -2.12. The molecule has 10 nitrogen and oxygen atoms in total. The predicted molar refractivity (Wildman–Crippen MR) is 129 cm³/mol. The van der Waals surface area contributed by atoms with Crippen LogP contribution < -0.4 is 10.1 Å². The summed E-state index contributed by atoms with van der Waals surface area (Å²) in [6.07, 6.45) is 1.75. The number of aliphatic carboxylic acids is 1. The molecule has 0 saturated carbocycles. The summed E-state index contributed by atoms with van der Waals surface area (Å²) in [7, 11) is -3.93. The number of ether oxygens (including phenoxy) is 1. The lowest BCUT2D eigenvalue weighted by Crippen LogP contribution is -2.15. The zero-order valence-corrected chi connectivity index (χ0v) is 20.2. The molecule has 0 aliphatic carbocycles.